The summed E-state index contributed by atoms with van der Waals surface area (Å²) in [5, 5.41) is 9.58. The largest absolute Gasteiger partial charge is 0.393 e. The van der Waals surface area contributed by atoms with Gasteiger partial charge in [-0.05, 0) is 31.9 Å². The molecule has 0 radical (unpaired) electrons. The van der Waals surface area contributed by atoms with Crippen molar-refractivity contribution < 1.29 is 9.90 Å². The summed E-state index contributed by atoms with van der Waals surface area (Å²) in [6.07, 6.45) is 3.55. The molecule has 1 saturated heterocycles. The predicted molar refractivity (Wildman–Crippen MR) is 70.4 cm³/mol. The maximum atomic E-state index is 12.4. The summed E-state index contributed by atoms with van der Waals surface area (Å²) in [5.74, 6) is 0.320. The lowest BCUT2D eigenvalue weighted by Crippen LogP contribution is -2.31. The average Bonchev–Trinajstić information content (AvgIpc) is 2.97. The van der Waals surface area contributed by atoms with Crippen molar-refractivity contribution in [3.63, 3.8) is 0 Å². The van der Waals surface area contributed by atoms with Crippen LogP contribution >= 0.6 is 0 Å². The first-order valence-electron chi connectivity index (χ1n) is 6.76. The van der Waals surface area contributed by atoms with Gasteiger partial charge in [0.05, 0.1) is 6.10 Å². The number of likely N-dealkylation sites (tertiary alicyclic amines) is 1. The van der Waals surface area contributed by atoms with Crippen molar-refractivity contribution in [2.75, 3.05) is 13.1 Å². The Balaban J connectivity index is 2.05. The van der Waals surface area contributed by atoms with Gasteiger partial charge in [-0.25, -0.2) is 0 Å². The molecule has 0 aromatic carbocycles. The first-order valence-corrected chi connectivity index (χ1v) is 6.76. The van der Waals surface area contributed by atoms with Crippen molar-refractivity contribution in [2.24, 2.45) is 5.92 Å². The van der Waals surface area contributed by atoms with Gasteiger partial charge in [0.1, 0.15) is 5.69 Å². The highest BCUT2D eigenvalue weighted by molar-refractivity contribution is 5.93. The van der Waals surface area contributed by atoms with E-state index in [2.05, 4.69) is 6.92 Å². The minimum atomic E-state index is -0.328. The van der Waals surface area contributed by atoms with Crippen LogP contribution in [0, 0.1) is 5.92 Å². The van der Waals surface area contributed by atoms with Crippen LogP contribution in [0.3, 0.4) is 0 Å². The molecule has 0 saturated carbocycles. The molecular formula is C14H22N2O2. The third kappa shape index (κ3) is 2.58. The first kappa shape index (κ1) is 13.1. The standard InChI is InChI=1S/C14H22N2O2/c1-3-7-15-8-4-5-13(15)14(18)16-9-6-12(10-16)11(2)17/h4-5,8,11-12,17H,3,6-7,9-10H2,1-2H3. The number of carbonyl (C=O) groups is 1. The van der Waals surface area contributed by atoms with Crippen LogP contribution in [0.25, 0.3) is 0 Å². The second kappa shape index (κ2) is 5.57. The van der Waals surface area contributed by atoms with Crippen LogP contribution in [0.15, 0.2) is 18.3 Å². The number of aromatic nitrogens is 1. The topological polar surface area (TPSA) is 45.5 Å². The smallest absolute Gasteiger partial charge is 0.270 e. The van der Waals surface area contributed by atoms with E-state index in [-0.39, 0.29) is 17.9 Å². The fourth-order valence-corrected chi connectivity index (χ4v) is 2.57. The van der Waals surface area contributed by atoms with E-state index in [1.165, 1.54) is 0 Å². The molecule has 2 rings (SSSR count). The number of hydrogen-bond donors (Lipinski definition) is 1. The zero-order chi connectivity index (χ0) is 13.1. The maximum absolute atomic E-state index is 12.4. The fourth-order valence-electron chi connectivity index (χ4n) is 2.57. The molecule has 2 unspecified atom stereocenters. The molecule has 18 heavy (non-hydrogen) atoms. The minimum Gasteiger partial charge on any atom is -0.393 e. The molecule has 4 heteroatoms. The van der Waals surface area contributed by atoms with Gasteiger partial charge >= 0.3 is 0 Å². The molecule has 0 aliphatic carbocycles. The molecule has 1 aliphatic heterocycles. The van der Waals surface area contributed by atoms with Gasteiger partial charge in [-0.2, -0.15) is 0 Å². The molecule has 2 heterocycles. The number of hydrogen-bond acceptors (Lipinski definition) is 2. The number of amides is 1. The summed E-state index contributed by atoms with van der Waals surface area (Å²) in [7, 11) is 0. The number of rotatable bonds is 4. The Hall–Kier alpha value is -1.29. The van der Waals surface area contributed by atoms with E-state index < -0.39 is 0 Å². The molecule has 2 atom stereocenters. The molecular weight excluding hydrogens is 228 g/mol. The van der Waals surface area contributed by atoms with Crippen molar-refractivity contribution >= 4 is 5.91 Å². The van der Waals surface area contributed by atoms with Crippen LogP contribution in [0.5, 0.6) is 0 Å². The molecule has 100 valence electrons. The lowest BCUT2D eigenvalue weighted by molar-refractivity contribution is 0.0752. The zero-order valence-electron chi connectivity index (χ0n) is 11.2. The molecule has 4 nitrogen and oxygen atoms in total. The Kier molecular flexibility index (Phi) is 4.07. The molecule has 1 fully saturated rings. The van der Waals surface area contributed by atoms with E-state index >= 15 is 0 Å². The van der Waals surface area contributed by atoms with Gasteiger partial charge < -0.3 is 14.6 Å². The third-order valence-electron chi connectivity index (χ3n) is 3.71. The average molecular weight is 250 g/mol. The van der Waals surface area contributed by atoms with Gasteiger partial charge in [-0.3, -0.25) is 4.79 Å². The molecule has 1 aromatic heterocycles. The second-order valence-electron chi connectivity index (χ2n) is 5.13. The molecule has 1 aliphatic rings. The summed E-state index contributed by atoms with van der Waals surface area (Å²) in [6, 6.07) is 3.80. The van der Waals surface area contributed by atoms with Crippen LogP contribution in [-0.4, -0.2) is 39.7 Å². The van der Waals surface area contributed by atoms with Crippen LogP contribution in [0.2, 0.25) is 0 Å². The van der Waals surface area contributed by atoms with Crippen molar-refractivity contribution in [1.29, 1.82) is 0 Å². The highest BCUT2D eigenvalue weighted by Gasteiger charge is 2.30. The maximum Gasteiger partial charge on any atom is 0.270 e. The van der Waals surface area contributed by atoms with Crippen molar-refractivity contribution in [1.82, 2.24) is 9.47 Å². The van der Waals surface area contributed by atoms with Gasteiger partial charge in [0.15, 0.2) is 0 Å². The number of aliphatic hydroxyl groups is 1. The monoisotopic (exact) mass is 250 g/mol. The van der Waals surface area contributed by atoms with Crippen LogP contribution in [0.4, 0.5) is 0 Å². The lowest BCUT2D eigenvalue weighted by atomic mass is 10.0. The summed E-state index contributed by atoms with van der Waals surface area (Å²) in [5.41, 5.74) is 0.767. The summed E-state index contributed by atoms with van der Waals surface area (Å²) in [6.45, 7) is 6.22. The van der Waals surface area contributed by atoms with E-state index in [1.54, 1.807) is 6.92 Å². The number of carbonyl (C=O) groups excluding carboxylic acids is 1. The van der Waals surface area contributed by atoms with Crippen molar-refractivity contribution in [3.8, 4) is 0 Å². The quantitative estimate of drug-likeness (QED) is 0.884. The Morgan fingerprint density at radius 3 is 3.00 bits per heavy atom. The molecule has 0 spiro atoms. The molecule has 1 amide bonds. The molecule has 1 N–H and O–H groups in total. The van der Waals surface area contributed by atoms with Crippen LogP contribution in [-0.2, 0) is 6.54 Å². The fraction of sp³-hybridized carbons (Fsp3) is 0.643. The number of nitrogens with zero attached hydrogens (tertiary/aromatic N) is 2. The zero-order valence-corrected chi connectivity index (χ0v) is 11.2. The normalized spacial score (nSPS) is 21.3. The van der Waals surface area contributed by atoms with E-state index in [0.717, 1.165) is 31.6 Å². The van der Waals surface area contributed by atoms with E-state index in [1.807, 2.05) is 27.8 Å². The highest BCUT2D eigenvalue weighted by Crippen LogP contribution is 2.21. The Bertz CT molecular complexity index is 412. The minimum absolute atomic E-state index is 0.0941. The lowest BCUT2D eigenvalue weighted by Gasteiger charge is -2.18. The summed E-state index contributed by atoms with van der Waals surface area (Å²) in [4.78, 5) is 14.3. The van der Waals surface area contributed by atoms with Crippen molar-refractivity contribution in [2.45, 2.75) is 39.3 Å². The van der Waals surface area contributed by atoms with Gasteiger partial charge in [0.25, 0.3) is 5.91 Å². The Labute approximate surface area is 108 Å². The predicted octanol–water partition coefficient (Wildman–Crippen LogP) is 1.74. The number of aryl methyl sites for hydroxylation is 1. The van der Waals surface area contributed by atoms with Gasteiger partial charge in [-0.15, -0.1) is 0 Å². The second-order valence-corrected chi connectivity index (χ2v) is 5.13. The summed E-state index contributed by atoms with van der Waals surface area (Å²) >= 11 is 0. The van der Waals surface area contributed by atoms with Gasteiger partial charge in [0, 0.05) is 31.7 Å². The van der Waals surface area contributed by atoms with E-state index in [0.29, 0.717) is 6.54 Å². The SMILES string of the molecule is CCCn1cccc1C(=O)N1CCC(C(C)O)C1. The van der Waals surface area contributed by atoms with E-state index in [4.69, 9.17) is 0 Å². The van der Waals surface area contributed by atoms with Crippen LogP contribution in [0.1, 0.15) is 37.2 Å². The Morgan fingerprint density at radius 1 is 1.61 bits per heavy atom. The molecule has 0 bridgehead atoms. The van der Waals surface area contributed by atoms with Gasteiger partial charge in [0.2, 0.25) is 0 Å². The number of aliphatic hydroxyl groups excluding tert-OH is 1. The summed E-state index contributed by atoms with van der Waals surface area (Å²) < 4.78 is 2.01. The first-order chi connectivity index (χ1) is 8.63. The molecule has 1 aromatic rings. The third-order valence-corrected chi connectivity index (χ3v) is 3.71. The van der Waals surface area contributed by atoms with E-state index in [9.17, 15) is 9.90 Å². The van der Waals surface area contributed by atoms with Crippen molar-refractivity contribution in [3.05, 3.63) is 24.0 Å². The van der Waals surface area contributed by atoms with Crippen LogP contribution < -0.4 is 0 Å². The highest BCUT2D eigenvalue weighted by atomic mass is 16.3. The van der Waals surface area contributed by atoms with Gasteiger partial charge in [-0.1, -0.05) is 6.92 Å². The Morgan fingerprint density at radius 2 is 2.39 bits per heavy atom.